The van der Waals surface area contributed by atoms with E-state index in [1.807, 2.05) is 24.3 Å². The molecule has 0 aliphatic heterocycles. The van der Waals surface area contributed by atoms with Crippen molar-refractivity contribution >= 4 is 38.2 Å². The maximum atomic E-state index is 12.5. The zero-order valence-electron chi connectivity index (χ0n) is 25.6. The molecule has 0 unspecified atom stereocenters. The fourth-order valence-corrected chi connectivity index (χ4v) is 5.23. The summed E-state index contributed by atoms with van der Waals surface area (Å²) in [7, 11) is -4.33. The van der Waals surface area contributed by atoms with Gasteiger partial charge in [0.05, 0.1) is 16.3 Å². The fraction of sp³-hybridized carbons (Fsp3) is 0.469. The number of azo groups is 1. The van der Waals surface area contributed by atoms with Crippen LogP contribution in [0.2, 0.25) is 0 Å². The molecule has 0 saturated heterocycles. The second-order valence-electron chi connectivity index (χ2n) is 10.3. The van der Waals surface area contributed by atoms with Crippen molar-refractivity contribution in [1.82, 2.24) is 0 Å². The van der Waals surface area contributed by atoms with Crippen molar-refractivity contribution in [3.05, 3.63) is 60.7 Å². The second kappa shape index (κ2) is 19.2. The molecule has 0 fully saturated rings. The van der Waals surface area contributed by atoms with Crippen LogP contribution in [0.15, 0.2) is 75.8 Å². The van der Waals surface area contributed by atoms with Crippen LogP contribution >= 0.6 is 0 Å². The molecule has 0 aliphatic carbocycles. The maximum absolute atomic E-state index is 12.5. The number of esters is 1. The van der Waals surface area contributed by atoms with E-state index >= 15 is 0 Å². The average Bonchev–Trinajstić information content (AvgIpc) is 2.95. The Labute approximate surface area is 268 Å². The van der Waals surface area contributed by atoms with Gasteiger partial charge < -0.3 is 6.16 Å². The third-order valence-electron chi connectivity index (χ3n) is 6.96. The number of nitrogens with zero attached hydrogens (tertiary/aromatic N) is 2. The quantitative estimate of drug-likeness (QED) is 0.0429. The molecule has 0 bridgehead atoms. The monoisotopic (exact) mass is 590 g/mol. The summed E-state index contributed by atoms with van der Waals surface area (Å²) in [6.45, 7) is 2.25. The molecule has 3 rings (SSSR count). The Balaban J connectivity index is 0.00000441. The number of carbonyl (C=O) groups is 1. The molecule has 1 N–H and O–H groups in total. The van der Waals surface area contributed by atoms with E-state index in [0.717, 1.165) is 30.0 Å². The number of benzene rings is 3. The van der Waals surface area contributed by atoms with Crippen LogP contribution in [0.5, 0.6) is 5.75 Å². The Hall–Kier alpha value is -2.10. The van der Waals surface area contributed by atoms with Crippen LogP contribution in [0.25, 0.3) is 10.8 Å². The summed E-state index contributed by atoms with van der Waals surface area (Å²) in [5.41, 5.74) is 0.830. The molecule has 0 atom stereocenters. The van der Waals surface area contributed by atoms with Crippen LogP contribution in [0.1, 0.15) is 98.2 Å². The normalized spacial score (nSPS) is 11.6. The summed E-state index contributed by atoms with van der Waals surface area (Å²) < 4.78 is 37.7. The Bertz CT molecular complexity index is 1370. The van der Waals surface area contributed by atoms with E-state index in [4.69, 9.17) is 4.74 Å². The summed E-state index contributed by atoms with van der Waals surface area (Å²) in [6, 6.07) is 16.5. The summed E-state index contributed by atoms with van der Waals surface area (Å²) in [5.74, 6) is 0.229. The first-order chi connectivity index (χ1) is 19.4. The standard InChI is InChI=1S/C32H42N2O5S.Na.H/c1-2-3-4-5-6-7-8-9-10-11-12-13-14-22-32(35)39-31-24-23-30(28-20-15-16-21-29(28)31)34-33-26-18-17-19-27(25-26)40(36,37)38;;/h15-21,23-25H,2-14,22H2,1H3,(H,36,37,38);;/q;+1;-1. The Morgan fingerprint density at radius 1 is 0.756 bits per heavy atom. The van der Waals surface area contributed by atoms with Gasteiger partial charge in [0.15, 0.2) is 0 Å². The van der Waals surface area contributed by atoms with Crippen molar-refractivity contribution in [2.75, 3.05) is 0 Å². The van der Waals surface area contributed by atoms with Crippen LogP contribution in [0.4, 0.5) is 11.4 Å². The predicted octanol–water partition coefficient (Wildman–Crippen LogP) is 7.01. The van der Waals surface area contributed by atoms with Gasteiger partial charge in [-0.05, 0) is 36.8 Å². The average molecular weight is 591 g/mol. The number of carbonyl (C=O) groups excluding carboxylic acids is 1. The second-order valence-corrected chi connectivity index (χ2v) is 11.7. The topological polar surface area (TPSA) is 105 Å². The van der Waals surface area contributed by atoms with E-state index in [1.165, 1.54) is 82.4 Å². The van der Waals surface area contributed by atoms with E-state index in [1.54, 1.807) is 18.2 Å². The first-order valence-electron chi connectivity index (χ1n) is 14.6. The number of hydrogen-bond acceptors (Lipinski definition) is 6. The fourth-order valence-electron chi connectivity index (χ4n) is 4.71. The first kappa shape index (κ1) is 35.1. The first-order valence-corrected chi connectivity index (χ1v) is 16.0. The van der Waals surface area contributed by atoms with Crippen LogP contribution in [-0.2, 0) is 14.9 Å². The molecule has 41 heavy (non-hydrogen) atoms. The number of hydrogen-bond donors (Lipinski definition) is 1. The molecule has 0 aromatic heterocycles. The molecule has 3 aromatic carbocycles. The van der Waals surface area contributed by atoms with E-state index in [0.29, 0.717) is 17.9 Å². The zero-order chi connectivity index (χ0) is 28.6. The smallest absolute Gasteiger partial charge is 1.00 e. The molecule has 0 saturated carbocycles. The van der Waals surface area contributed by atoms with Crippen molar-refractivity contribution in [3.63, 3.8) is 0 Å². The SMILES string of the molecule is CCCCCCCCCCCCCCCC(=O)Oc1ccc(N=Nc2cccc(S(=O)(=O)O)c2)c2ccccc12.[H-].[Na+]. The molecule has 0 amide bonds. The minimum absolute atomic E-state index is 0. The molecule has 218 valence electrons. The Kier molecular flexibility index (Phi) is 16.4. The Morgan fingerprint density at radius 3 is 1.95 bits per heavy atom. The van der Waals surface area contributed by atoms with Gasteiger partial charge in [-0.15, -0.1) is 5.11 Å². The van der Waals surface area contributed by atoms with Crippen molar-refractivity contribution < 1.29 is 53.5 Å². The third-order valence-corrected chi connectivity index (χ3v) is 7.81. The van der Waals surface area contributed by atoms with Gasteiger partial charge in [0.1, 0.15) is 5.75 Å². The van der Waals surface area contributed by atoms with Crippen LogP contribution in [-0.4, -0.2) is 18.9 Å². The van der Waals surface area contributed by atoms with Crippen molar-refractivity contribution in [2.24, 2.45) is 10.2 Å². The molecule has 0 radical (unpaired) electrons. The van der Waals surface area contributed by atoms with Crippen LogP contribution < -0.4 is 34.3 Å². The Morgan fingerprint density at radius 2 is 1.34 bits per heavy atom. The van der Waals surface area contributed by atoms with Gasteiger partial charge in [-0.2, -0.15) is 13.5 Å². The molecule has 7 nitrogen and oxygen atoms in total. The van der Waals surface area contributed by atoms with Gasteiger partial charge in [0, 0.05) is 17.2 Å². The molecule has 3 aromatic rings. The molecular formula is C32H43N2NaO5S. The van der Waals surface area contributed by atoms with Crippen LogP contribution in [0, 0.1) is 0 Å². The molecular weight excluding hydrogens is 547 g/mol. The molecule has 0 heterocycles. The van der Waals surface area contributed by atoms with Gasteiger partial charge in [-0.3, -0.25) is 9.35 Å². The van der Waals surface area contributed by atoms with Gasteiger partial charge in [-0.25, -0.2) is 0 Å². The molecule has 0 aliphatic rings. The van der Waals surface area contributed by atoms with Crippen molar-refractivity contribution in [3.8, 4) is 5.75 Å². The summed E-state index contributed by atoms with van der Waals surface area (Å²) in [5, 5.41) is 9.90. The number of fused-ring (bicyclic) bond motifs is 1. The van der Waals surface area contributed by atoms with E-state index in [-0.39, 0.29) is 47.5 Å². The zero-order valence-corrected chi connectivity index (χ0v) is 27.4. The number of ether oxygens (including phenoxy) is 1. The maximum Gasteiger partial charge on any atom is 1.00 e. The molecule has 0 spiro atoms. The van der Waals surface area contributed by atoms with Crippen molar-refractivity contribution in [2.45, 2.75) is 102 Å². The molecule has 9 heteroatoms. The van der Waals surface area contributed by atoms with E-state index in [2.05, 4.69) is 17.2 Å². The predicted molar refractivity (Wildman–Crippen MR) is 161 cm³/mol. The largest absolute Gasteiger partial charge is 1.00 e. The number of rotatable bonds is 18. The van der Waals surface area contributed by atoms with Crippen molar-refractivity contribution in [1.29, 1.82) is 0 Å². The summed E-state index contributed by atoms with van der Waals surface area (Å²) in [4.78, 5) is 12.3. The van der Waals surface area contributed by atoms with Crippen LogP contribution in [0.3, 0.4) is 0 Å². The van der Waals surface area contributed by atoms with Gasteiger partial charge in [0.2, 0.25) is 0 Å². The van der Waals surface area contributed by atoms with E-state index in [9.17, 15) is 17.8 Å². The summed E-state index contributed by atoms with van der Waals surface area (Å²) in [6.07, 6.45) is 16.7. The minimum Gasteiger partial charge on any atom is -1.00 e. The summed E-state index contributed by atoms with van der Waals surface area (Å²) >= 11 is 0. The van der Waals surface area contributed by atoms with Gasteiger partial charge in [0.25, 0.3) is 10.1 Å². The van der Waals surface area contributed by atoms with Gasteiger partial charge in [-0.1, -0.05) is 114 Å². The van der Waals surface area contributed by atoms with E-state index < -0.39 is 10.1 Å². The number of unbranched alkanes of at least 4 members (excludes halogenated alkanes) is 12. The van der Waals surface area contributed by atoms with Gasteiger partial charge >= 0.3 is 35.5 Å². The minimum atomic E-state index is -4.33. The third kappa shape index (κ3) is 12.7.